The number of hydrogen-bond donors (Lipinski definition) is 0. The van der Waals surface area contributed by atoms with Crippen LogP contribution in [0.3, 0.4) is 0 Å². The predicted octanol–water partition coefficient (Wildman–Crippen LogP) is 0.637. The van der Waals surface area contributed by atoms with Crippen molar-refractivity contribution in [1.29, 1.82) is 0 Å². The molecule has 0 bridgehead atoms. The van der Waals surface area contributed by atoms with Gasteiger partial charge in [-0.3, -0.25) is 4.79 Å². The highest BCUT2D eigenvalue weighted by atomic mass is 32.2. The molecule has 0 saturated heterocycles. The maximum Gasteiger partial charge on any atom is 0.233 e. The van der Waals surface area contributed by atoms with Gasteiger partial charge >= 0.3 is 0 Å². The van der Waals surface area contributed by atoms with Crippen LogP contribution in [0.25, 0.3) is 0 Å². The Morgan fingerprint density at radius 3 is 2.77 bits per heavy atom. The zero-order chi connectivity index (χ0) is 10.3. The van der Waals surface area contributed by atoms with Crippen molar-refractivity contribution >= 4 is 16.9 Å². The molecule has 0 spiro atoms. The normalized spacial score (nSPS) is 11.2. The van der Waals surface area contributed by atoms with Gasteiger partial charge in [0.25, 0.3) is 0 Å². The topological polar surface area (TPSA) is 68.0 Å². The fraction of sp³-hybridized carbons (Fsp3) is 0.833. The minimum atomic E-state index is 0.0233. The third-order valence-corrected chi connectivity index (χ3v) is 1.73. The molecule has 13 heavy (non-hydrogen) atoms. The van der Waals surface area contributed by atoms with Crippen molar-refractivity contribution in [3.05, 3.63) is 5.21 Å². The monoisotopic (exact) mass is 207 g/mol. The molecular weight excluding hydrogens is 194 g/mol. The number of thioether (sulfide) groups is 1. The smallest absolute Gasteiger partial charge is 0.233 e. The number of hydrogen-bond acceptors (Lipinski definition) is 5. The first-order chi connectivity index (χ1) is 6.04. The van der Waals surface area contributed by atoms with Crippen LogP contribution < -0.4 is 0 Å². The molecule has 0 aliphatic rings. The number of nitrogens with zero attached hydrogens (tertiary/aromatic N) is 3. The molecule has 0 unspecified atom stereocenters. The molecule has 0 N–H and O–H groups in total. The minimum Gasteiger partial charge on any atom is -0.569 e. The maximum absolute atomic E-state index is 10.7. The van der Waals surface area contributed by atoms with Crippen LogP contribution in [0.1, 0.15) is 6.92 Å². The second-order valence-corrected chi connectivity index (χ2v) is 3.63. The summed E-state index contributed by atoms with van der Waals surface area (Å²) in [5.41, 5.74) is 0. The lowest BCUT2D eigenvalue weighted by molar-refractivity contribution is -0.699. The average molecular weight is 207 g/mol. The molecule has 6 nitrogen and oxygen atoms in total. The van der Waals surface area contributed by atoms with E-state index in [1.165, 1.54) is 11.9 Å². The van der Waals surface area contributed by atoms with Crippen molar-refractivity contribution in [3.8, 4) is 0 Å². The number of rotatable bonds is 5. The van der Waals surface area contributed by atoms with Gasteiger partial charge in [0, 0.05) is 12.7 Å². The fourth-order valence-electron chi connectivity index (χ4n) is 0.386. The van der Waals surface area contributed by atoms with Crippen LogP contribution in [-0.4, -0.2) is 41.5 Å². The largest absolute Gasteiger partial charge is 0.569 e. The molecule has 0 rings (SSSR count). The van der Waals surface area contributed by atoms with Crippen LogP contribution in [0.15, 0.2) is 5.28 Å². The van der Waals surface area contributed by atoms with E-state index in [1.54, 1.807) is 14.1 Å². The predicted molar refractivity (Wildman–Crippen MR) is 48.8 cm³/mol. The Balaban J connectivity index is 3.44. The van der Waals surface area contributed by atoms with Gasteiger partial charge in [0.15, 0.2) is 5.12 Å². The van der Waals surface area contributed by atoms with Crippen LogP contribution in [0, 0.1) is 5.21 Å². The van der Waals surface area contributed by atoms with Crippen LogP contribution in [0.2, 0.25) is 0 Å². The van der Waals surface area contributed by atoms with Crippen molar-refractivity contribution in [1.82, 2.24) is 5.01 Å². The van der Waals surface area contributed by atoms with Crippen LogP contribution in [0.5, 0.6) is 0 Å². The number of carbonyl (C=O) groups excluding carboxylic acids is 1. The minimum absolute atomic E-state index is 0.0233. The molecule has 0 atom stereocenters. The summed E-state index contributed by atoms with van der Waals surface area (Å²) >= 11 is 1.13. The standard InChI is InChI=1S/C6H13N3O3S/c1-6(10)13-5-4-12-7-9(11)8(2)3/h4-5H2,1-3H3/b9-7-. The third-order valence-electron chi connectivity index (χ3n) is 0.950. The van der Waals surface area contributed by atoms with E-state index in [0.29, 0.717) is 10.7 Å². The molecule has 0 aromatic rings. The van der Waals surface area contributed by atoms with Crippen LogP contribution >= 0.6 is 11.8 Å². The maximum atomic E-state index is 10.7. The molecule has 0 radical (unpaired) electrons. The molecule has 0 amide bonds. The molecule has 0 aromatic heterocycles. The zero-order valence-corrected chi connectivity index (χ0v) is 8.71. The lowest BCUT2D eigenvalue weighted by Crippen LogP contribution is -2.21. The number of hydrazine groups is 1. The van der Waals surface area contributed by atoms with Gasteiger partial charge in [-0.15, -0.1) is 0 Å². The Kier molecular flexibility index (Phi) is 6.03. The molecule has 0 saturated carbocycles. The Hall–Kier alpha value is -0.980. The first kappa shape index (κ1) is 12.0. The molecule has 0 fully saturated rings. The lowest BCUT2D eigenvalue weighted by Gasteiger charge is -2.05. The second-order valence-electron chi connectivity index (χ2n) is 2.35. The molecule has 0 aromatic carbocycles. The SMILES string of the molecule is CC(=O)SCCO/N=[N+](\[O-])N(C)C. The first-order valence-electron chi connectivity index (χ1n) is 3.65. The summed E-state index contributed by atoms with van der Waals surface area (Å²) in [5.74, 6) is 0.500. The van der Waals surface area contributed by atoms with Crippen molar-refractivity contribution in [2.24, 2.45) is 5.28 Å². The Labute approximate surface area is 81.1 Å². The summed E-state index contributed by atoms with van der Waals surface area (Å²) in [6.45, 7) is 1.72. The van der Waals surface area contributed by atoms with E-state index in [9.17, 15) is 10.0 Å². The average Bonchev–Trinajstić information content (AvgIpc) is 2.02. The van der Waals surface area contributed by atoms with Crippen molar-refractivity contribution < 1.29 is 14.6 Å². The van der Waals surface area contributed by atoms with Gasteiger partial charge in [-0.1, -0.05) is 11.8 Å². The molecule has 76 valence electrons. The van der Waals surface area contributed by atoms with E-state index in [0.717, 1.165) is 11.8 Å². The summed E-state index contributed by atoms with van der Waals surface area (Å²) in [6, 6.07) is 0. The molecular formula is C6H13N3O3S. The van der Waals surface area contributed by atoms with Gasteiger partial charge in [-0.25, -0.2) is 0 Å². The molecule has 0 aliphatic carbocycles. The lowest BCUT2D eigenvalue weighted by atomic mass is 10.9. The Morgan fingerprint density at radius 1 is 1.69 bits per heavy atom. The van der Waals surface area contributed by atoms with E-state index in [4.69, 9.17) is 0 Å². The van der Waals surface area contributed by atoms with E-state index in [2.05, 4.69) is 10.1 Å². The summed E-state index contributed by atoms with van der Waals surface area (Å²) < 4.78 is 0. The molecule has 0 heterocycles. The third kappa shape index (κ3) is 7.38. The number of carbonyl (C=O) groups is 1. The summed E-state index contributed by atoms with van der Waals surface area (Å²) in [5, 5.41) is 15.2. The zero-order valence-electron chi connectivity index (χ0n) is 7.89. The van der Waals surface area contributed by atoms with Gasteiger partial charge in [0.05, 0.1) is 19.1 Å². The van der Waals surface area contributed by atoms with E-state index < -0.39 is 0 Å². The summed E-state index contributed by atoms with van der Waals surface area (Å²) in [7, 11) is 3.09. The van der Waals surface area contributed by atoms with E-state index in [1.807, 2.05) is 0 Å². The summed E-state index contributed by atoms with van der Waals surface area (Å²) in [4.78, 5) is 15.4. The van der Waals surface area contributed by atoms with E-state index in [-0.39, 0.29) is 11.7 Å². The van der Waals surface area contributed by atoms with Crippen LogP contribution in [-0.2, 0) is 9.63 Å². The van der Waals surface area contributed by atoms with Gasteiger partial charge in [0.1, 0.15) is 6.61 Å². The Bertz CT molecular complexity index is 196. The Morgan fingerprint density at radius 2 is 2.31 bits per heavy atom. The molecule has 7 heteroatoms. The first-order valence-corrected chi connectivity index (χ1v) is 4.63. The van der Waals surface area contributed by atoms with Gasteiger partial charge in [-0.2, -0.15) is 5.01 Å². The summed E-state index contributed by atoms with van der Waals surface area (Å²) in [6.07, 6.45) is 0. The highest BCUT2D eigenvalue weighted by molar-refractivity contribution is 8.13. The highest BCUT2D eigenvalue weighted by Gasteiger charge is 1.98. The van der Waals surface area contributed by atoms with Crippen molar-refractivity contribution in [2.75, 3.05) is 26.5 Å². The quantitative estimate of drug-likeness (QED) is 0.286. The molecule has 0 aliphatic heterocycles. The van der Waals surface area contributed by atoms with Crippen LogP contribution in [0.4, 0.5) is 0 Å². The highest BCUT2D eigenvalue weighted by Crippen LogP contribution is 1.99. The van der Waals surface area contributed by atoms with Crippen molar-refractivity contribution in [3.63, 3.8) is 0 Å². The van der Waals surface area contributed by atoms with Gasteiger partial charge in [0.2, 0.25) is 5.28 Å². The van der Waals surface area contributed by atoms with E-state index >= 15 is 0 Å². The van der Waals surface area contributed by atoms with Gasteiger partial charge in [-0.05, 0) is 0 Å². The fourth-order valence-corrected chi connectivity index (χ4v) is 0.831. The second kappa shape index (κ2) is 6.53. The van der Waals surface area contributed by atoms with Gasteiger partial charge < -0.3 is 10.0 Å². The van der Waals surface area contributed by atoms with Crippen molar-refractivity contribution in [2.45, 2.75) is 6.92 Å².